The number of hydrogen-bond donors (Lipinski definition) is 1. The van der Waals surface area contributed by atoms with Crippen LogP contribution in [0, 0.1) is 0 Å². The Morgan fingerprint density at radius 3 is 2.94 bits per heavy atom. The Hall–Kier alpha value is -1.22. The third-order valence-corrected chi connectivity index (χ3v) is 3.96. The molecule has 92 valence electrons. The van der Waals surface area contributed by atoms with E-state index >= 15 is 0 Å². The summed E-state index contributed by atoms with van der Waals surface area (Å²) in [5.41, 5.74) is 2.78. The molecule has 0 radical (unpaired) electrons. The van der Waals surface area contributed by atoms with Crippen LogP contribution in [0.25, 0.3) is 0 Å². The fourth-order valence-corrected chi connectivity index (χ4v) is 3.02. The van der Waals surface area contributed by atoms with Crippen molar-refractivity contribution in [2.45, 2.75) is 38.6 Å². The molecular formula is C14H19NO2. The predicted molar refractivity (Wildman–Crippen MR) is 66.5 cm³/mol. The van der Waals surface area contributed by atoms with E-state index in [4.69, 9.17) is 9.47 Å². The van der Waals surface area contributed by atoms with Crippen molar-refractivity contribution in [3.8, 4) is 11.5 Å². The van der Waals surface area contributed by atoms with E-state index in [1.54, 1.807) is 0 Å². The van der Waals surface area contributed by atoms with Crippen molar-refractivity contribution < 1.29 is 9.47 Å². The van der Waals surface area contributed by atoms with E-state index in [0.29, 0.717) is 6.79 Å². The third kappa shape index (κ3) is 1.61. The zero-order valence-electron chi connectivity index (χ0n) is 10.5. The molecule has 2 heterocycles. The smallest absolute Gasteiger partial charge is 0.231 e. The van der Waals surface area contributed by atoms with Crippen molar-refractivity contribution in [2.75, 3.05) is 13.3 Å². The Bertz CT molecular complexity index is 436. The van der Waals surface area contributed by atoms with Gasteiger partial charge in [0.15, 0.2) is 11.5 Å². The topological polar surface area (TPSA) is 30.5 Å². The fraction of sp³-hybridized carbons (Fsp3) is 0.571. The van der Waals surface area contributed by atoms with Gasteiger partial charge in [0.25, 0.3) is 0 Å². The summed E-state index contributed by atoms with van der Waals surface area (Å²) in [6.07, 6.45) is 3.42. The summed E-state index contributed by atoms with van der Waals surface area (Å²) in [7, 11) is 0. The largest absolute Gasteiger partial charge is 0.454 e. The molecule has 2 aliphatic rings. The zero-order valence-corrected chi connectivity index (χ0v) is 10.5. The third-order valence-electron chi connectivity index (χ3n) is 3.96. The number of benzene rings is 1. The van der Waals surface area contributed by atoms with Crippen molar-refractivity contribution in [1.29, 1.82) is 0 Å². The van der Waals surface area contributed by atoms with Crippen molar-refractivity contribution in [3.63, 3.8) is 0 Å². The van der Waals surface area contributed by atoms with Crippen LogP contribution in [0.2, 0.25) is 0 Å². The van der Waals surface area contributed by atoms with Crippen molar-refractivity contribution in [2.24, 2.45) is 0 Å². The molecule has 1 aromatic carbocycles. The molecule has 1 aromatic rings. The summed E-state index contributed by atoms with van der Waals surface area (Å²) in [4.78, 5) is 0. The number of nitrogens with one attached hydrogen (secondary N) is 1. The molecule has 0 saturated carbocycles. The van der Waals surface area contributed by atoms with Gasteiger partial charge in [0.2, 0.25) is 6.79 Å². The number of ether oxygens (including phenoxy) is 2. The second kappa shape index (κ2) is 3.91. The zero-order chi connectivity index (χ0) is 11.9. The van der Waals surface area contributed by atoms with Gasteiger partial charge in [-0.1, -0.05) is 13.0 Å². The maximum atomic E-state index is 5.62. The van der Waals surface area contributed by atoms with Gasteiger partial charge in [-0.2, -0.15) is 0 Å². The molecule has 0 bridgehead atoms. The second-order valence-electron chi connectivity index (χ2n) is 5.04. The summed E-state index contributed by atoms with van der Waals surface area (Å²) >= 11 is 0. The Labute approximate surface area is 102 Å². The van der Waals surface area contributed by atoms with Crippen molar-refractivity contribution in [3.05, 3.63) is 23.3 Å². The molecular weight excluding hydrogens is 214 g/mol. The lowest BCUT2D eigenvalue weighted by atomic mass is 9.85. The van der Waals surface area contributed by atoms with Crippen LogP contribution in [0.15, 0.2) is 12.1 Å². The first-order chi connectivity index (χ1) is 8.24. The van der Waals surface area contributed by atoms with E-state index in [1.165, 1.54) is 24.0 Å². The maximum absolute atomic E-state index is 5.62. The van der Waals surface area contributed by atoms with E-state index in [9.17, 15) is 0 Å². The molecule has 0 spiro atoms. The highest BCUT2D eigenvalue weighted by atomic mass is 16.7. The normalized spacial score (nSPS) is 26.5. The first kappa shape index (κ1) is 10.9. The highest BCUT2D eigenvalue weighted by molar-refractivity contribution is 5.54. The molecule has 0 aliphatic carbocycles. The molecule has 17 heavy (non-hydrogen) atoms. The Balaban J connectivity index is 2.11. The van der Waals surface area contributed by atoms with E-state index in [1.807, 2.05) is 6.07 Å². The van der Waals surface area contributed by atoms with Crippen LogP contribution in [0.4, 0.5) is 0 Å². The number of fused-ring (bicyclic) bond motifs is 1. The van der Waals surface area contributed by atoms with Gasteiger partial charge < -0.3 is 14.8 Å². The highest BCUT2D eigenvalue weighted by Crippen LogP contribution is 2.43. The molecule has 1 fully saturated rings. The lowest BCUT2D eigenvalue weighted by Crippen LogP contribution is -2.34. The van der Waals surface area contributed by atoms with Crippen LogP contribution in [0.3, 0.4) is 0 Å². The van der Waals surface area contributed by atoms with Crippen LogP contribution in [0.1, 0.15) is 37.8 Å². The fourth-order valence-electron chi connectivity index (χ4n) is 3.02. The standard InChI is InChI=1S/C14H19NO2/c1-3-10-11(14(2)7-4-8-15-14)5-6-12-13(10)17-9-16-12/h5-6,15H,3-4,7-9H2,1-2H3. The first-order valence-electron chi connectivity index (χ1n) is 6.41. The highest BCUT2D eigenvalue weighted by Gasteiger charge is 2.34. The second-order valence-corrected chi connectivity index (χ2v) is 5.04. The summed E-state index contributed by atoms with van der Waals surface area (Å²) in [6, 6.07) is 4.24. The van der Waals surface area contributed by atoms with Gasteiger partial charge >= 0.3 is 0 Å². The quantitative estimate of drug-likeness (QED) is 0.851. The molecule has 1 saturated heterocycles. The van der Waals surface area contributed by atoms with Gasteiger partial charge in [0.1, 0.15) is 0 Å². The minimum atomic E-state index is 0.103. The predicted octanol–water partition coefficient (Wildman–Crippen LogP) is 2.58. The van der Waals surface area contributed by atoms with Gasteiger partial charge in [0.05, 0.1) is 0 Å². The maximum Gasteiger partial charge on any atom is 0.231 e. The van der Waals surface area contributed by atoms with Crippen LogP contribution in [-0.4, -0.2) is 13.3 Å². The Kier molecular flexibility index (Phi) is 2.51. The van der Waals surface area contributed by atoms with Gasteiger partial charge in [-0.3, -0.25) is 0 Å². The van der Waals surface area contributed by atoms with Crippen molar-refractivity contribution in [1.82, 2.24) is 5.32 Å². The average Bonchev–Trinajstić information content (AvgIpc) is 2.96. The van der Waals surface area contributed by atoms with Crippen LogP contribution in [0.5, 0.6) is 11.5 Å². The molecule has 3 nitrogen and oxygen atoms in total. The molecule has 1 unspecified atom stereocenters. The van der Waals surface area contributed by atoms with Gasteiger partial charge in [0, 0.05) is 11.1 Å². The summed E-state index contributed by atoms with van der Waals surface area (Å²) in [6.45, 7) is 5.93. The molecule has 0 amide bonds. The van der Waals surface area contributed by atoms with E-state index in [-0.39, 0.29) is 5.54 Å². The molecule has 1 atom stereocenters. The van der Waals surface area contributed by atoms with Crippen LogP contribution in [-0.2, 0) is 12.0 Å². The summed E-state index contributed by atoms with van der Waals surface area (Å²) in [5, 5.41) is 3.62. The number of rotatable bonds is 2. The Morgan fingerprint density at radius 1 is 1.35 bits per heavy atom. The number of hydrogen-bond acceptors (Lipinski definition) is 3. The first-order valence-corrected chi connectivity index (χ1v) is 6.41. The molecule has 2 aliphatic heterocycles. The lowest BCUT2D eigenvalue weighted by Gasteiger charge is -2.28. The van der Waals surface area contributed by atoms with Gasteiger partial charge in [-0.05, 0) is 44.4 Å². The molecule has 3 heteroatoms. The lowest BCUT2D eigenvalue weighted by molar-refractivity contribution is 0.173. The molecule has 0 aromatic heterocycles. The summed E-state index contributed by atoms with van der Waals surface area (Å²) in [5.74, 6) is 1.85. The SMILES string of the molecule is CCc1c(C2(C)CCCN2)ccc2c1OCO2. The molecule has 1 N–H and O–H groups in total. The molecule has 3 rings (SSSR count). The minimum Gasteiger partial charge on any atom is -0.454 e. The van der Waals surface area contributed by atoms with Gasteiger partial charge in [-0.25, -0.2) is 0 Å². The monoisotopic (exact) mass is 233 g/mol. The Morgan fingerprint density at radius 2 is 2.24 bits per heavy atom. The minimum absolute atomic E-state index is 0.103. The van der Waals surface area contributed by atoms with E-state index < -0.39 is 0 Å². The van der Waals surface area contributed by atoms with E-state index in [2.05, 4.69) is 25.2 Å². The van der Waals surface area contributed by atoms with E-state index in [0.717, 1.165) is 24.5 Å². The van der Waals surface area contributed by atoms with Crippen LogP contribution < -0.4 is 14.8 Å². The average molecular weight is 233 g/mol. The van der Waals surface area contributed by atoms with Crippen molar-refractivity contribution >= 4 is 0 Å². The van der Waals surface area contributed by atoms with Crippen LogP contribution >= 0.6 is 0 Å². The summed E-state index contributed by atoms with van der Waals surface area (Å²) < 4.78 is 11.1. The van der Waals surface area contributed by atoms with Gasteiger partial charge in [-0.15, -0.1) is 0 Å².